The van der Waals surface area contributed by atoms with Crippen LogP contribution in [-0.2, 0) is 19.1 Å². The smallest absolute Gasteiger partial charge is 0.336 e. The Bertz CT molecular complexity index is 617. The number of aliphatic hydroxyl groups is 4. The van der Waals surface area contributed by atoms with Crippen LogP contribution in [0.5, 0.6) is 0 Å². The van der Waals surface area contributed by atoms with Gasteiger partial charge in [-0.1, -0.05) is 6.92 Å². The number of carbonyl (C=O) groups excluding carboxylic acids is 2. The van der Waals surface area contributed by atoms with E-state index < -0.39 is 58.2 Å². The summed E-state index contributed by atoms with van der Waals surface area (Å²) in [5, 5.41) is 43.7. The summed E-state index contributed by atoms with van der Waals surface area (Å²) >= 11 is 0. The molecule has 0 amide bonds. The number of rotatable bonds is 0. The molecule has 4 fully saturated rings. The van der Waals surface area contributed by atoms with E-state index in [1.165, 1.54) is 6.92 Å². The fourth-order valence-corrected chi connectivity index (χ4v) is 5.66. The molecule has 8 nitrogen and oxygen atoms in total. The monoisotopic (exact) mass is 328 g/mol. The van der Waals surface area contributed by atoms with E-state index >= 15 is 0 Å². The Labute approximate surface area is 132 Å². The fourth-order valence-electron chi connectivity index (χ4n) is 5.66. The van der Waals surface area contributed by atoms with Gasteiger partial charge in [-0.25, -0.2) is 4.79 Å². The molecule has 2 bridgehead atoms. The van der Waals surface area contributed by atoms with Crippen LogP contribution < -0.4 is 0 Å². The first-order valence-electron chi connectivity index (χ1n) is 7.76. The summed E-state index contributed by atoms with van der Waals surface area (Å²) in [5.41, 5.74) is -7.39. The third-order valence-corrected chi connectivity index (χ3v) is 7.05. The Morgan fingerprint density at radius 1 is 1.22 bits per heavy atom. The zero-order valence-electron chi connectivity index (χ0n) is 12.9. The summed E-state index contributed by atoms with van der Waals surface area (Å²) < 4.78 is 10.0. The molecule has 2 spiro atoms. The highest BCUT2D eigenvalue weighted by atomic mass is 16.6. The van der Waals surface area contributed by atoms with Crippen LogP contribution in [0.3, 0.4) is 0 Å². The number of cyclic esters (lactones) is 1. The molecule has 4 N–H and O–H groups in total. The van der Waals surface area contributed by atoms with Crippen molar-refractivity contribution in [3.8, 4) is 0 Å². The van der Waals surface area contributed by atoms with E-state index in [2.05, 4.69) is 0 Å². The number of hydrogen-bond acceptors (Lipinski definition) is 8. The molecule has 0 radical (unpaired) electrons. The van der Waals surface area contributed by atoms with Gasteiger partial charge < -0.3 is 29.9 Å². The Morgan fingerprint density at radius 3 is 2.39 bits per heavy atom. The highest BCUT2D eigenvalue weighted by Gasteiger charge is 2.89. The van der Waals surface area contributed by atoms with Gasteiger partial charge in [-0.2, -0.15) is 0 Å². The van der Waals surface area contributed by atoms with Crippen molar-refractivity contribution in [2.75, 3.05) is 6.61 Å². The van der Waals surface area contributed by atoms with Crippen molar-refractivity contribution < 1.29 is 39.5 Å². The van der Waals surface area contributed by atoms with Crippen molar-refractivity contribution in [2.45, 2.75) is 56.2 Å². The van der Waals surface area contributed by atoms with Crippen LogP contribution in [0, 0.1) is 16.7 Å². The third kappa shape index (κ3) is 1.18. The molecule has 2 aliphatic heterocycles. The zero-order chi connectivity index (χ0) is 17.0. The lowest BCUT2D eigenvalue weighted by atomic mass is 9.42. The number of esters is 2. The van der Waals surface area contributed by atoms with Crippen molar-refractivity contribution in [1.29, 1.82) is 0 Å². The molecule has 2 saturated carbocycles. The second-order valence-electron chi connectivity index (χ2n) is 7.62. The molecule has 4 aliphatic rings. The van der Waals surface area contributed by atoms with E-state index in [4.69, 9.17) is 9.47 Å². The van der Waals surface area contributed by atoms with Gasteiger partial charge in [-0.15, -0.1) is 0 Å². The summed E-state index contributed by atoms with van der Waals surface area (Å²) in [6.07, 6.45) is -4.06. The molecular weight excluding hydrogens is 308 g/mol. The quantitative estimate of drug-likeness (QED) is 0.379. The molecular formula is C15H20O8. The minimum absolute atomic E-state index is 0.0311. The number of hydrogen-bond donors (Lipinski definition) is 4. The molecule has 8 heteroatoms. The van der Waals surface area contributed by atoms with Gasteiger partial charge in [-0.05, 0) is 25.7 Å². The fraction of sp³-hybridized carbons (Fsp3) is 0.867. The summed E-state index contributed by atoms with van der Waals surface area (Å²) in [6, 6.07) is 0. The van der Waals surface area contributed by atoms with Crippen LogP contribution >= 0.6 is 0 Å². The predicted octanol–water partition coefficient (Wildman–Crippen LogP) is -1.91. The first-order valence-corrected chi connectivity index (χ1v) is 7.76. The molecule has 2 unspecified atom stereocenters. The minimum Gasteiger partial charge on any atom is -0.464 e. The predicted molar refractivity (Wildman–Crippen MR) is 71.7 cm³/mol. The van der Waals surface area contributed by atoms with Crippen molar-refractivity contribution >= 4 is 11.9 Å². The minimum atomic E-state index is -2.17. The summed E-state index contributed by atoms with van der Waals surface area (Å²) in [6.45, 7) is 2.71. The van der Waals surface area contributed by atoms with Gasteiger partial charge in [0, 0.05) is 5.41 Å². The standard InChI is InChI=1S/C15H20O8/c1-6-3-7(16)15(21)13(6)4-8(23-10(18)9(13)17)12(2,20)14(15)5-22-11(14)19/h6-9,16-17,20-21H,3-5H2,1-2H3/t6-,7?,8-,9+,12+,13+,14+,15?/m1/s1. The van der Waals surface area contributed by atoms with E-state index in [9.17, 15) is 30.0 Å². The molecule has 8 atom stereocenters. The van der Waals surface area contributed by atoms with Crippen LogP contribution in [-0.4, -0.2) is 68.5 Å². The van der Waals surface area contributed by atoms with Crippen LogP contribution in [0.2, 0.25) is 0 Å². The lowest BCUT2D eigenvalue weighted by Crippen LogP contribution is -2.87. The molecule has 4 rings (SSSR count). The van der Waals surface area contributed by atoms with Crippen molar-refractivity contribution in [1.82, 2.24) is 0 Å². The Kier molecular flexibility index (Phi) is 2.58. The SMILES string of the molecule is C[C@@H]1CC(O)C2(O)[C@@]13C[C@@H](OC(=O)[C@@H]3O)[C@](C)(O)[C@@]21COC1=O. The van der Waals surface area contributed by atoms with Crippen molar-refractivity contribution in [3.63, 3.8) is 0 Å². The van der Waals surface area contributed by atoms with E-state index in [0.29, 0.717) is 0 Å². The average molecular weight is 328 g/mol. The van der Waals surface area contributed by atoms with E-state index in [0.717, 1.165) is 0 Å². The molecule has 2 aliphatic carbocycles. The van der Waals surface area contributed by atoms with Gasteiger partial charge in [0.15, 0.2) is 11.5 Å². The van der Waals surface area contributed by atoms with Crippen LogP contribution in [0.15, 0.2) is 0 Å². The maximum atomic E-state index is 12.4. The third-order valence-electron chi connectivity index (χ3n) is 7.05. The Morgan fingerprint density at radius 2 is 1.87 bits per heavy atom. The molecule has 0 aromatic carbocycles. The topological polar surface area (TPSA) is 134 Å². The first-order chi connectivity index (χ1) is 10.6. The second kappa shape index (κ2) is 3.88. The lowest BCUT2D eigenvalue weighted by molar-refractivity contribution is -0.371. The number of ether oxygens (including phenoxy) is 2. The van der Waals surface area contributed by atoms with Crippen LogP contribution in [0.1, 0.15) is 26.7 Å². The zero-order valence-corrected chi connectivity index (χ0v) is 12.9. The summed E-state index contributed by atoms with van der Waals surface area (Å²) in [7, 11) is 0. The first kappa shape index (κ1) is 15.3. The second-order valence-corrected chi connectivity index (χ2v) is 7.62. The number of fused-ring (bicyclic) bond motifs is 2. The van der Waals surface area contributed by atoms with Crippen LogP contribution in [0.25, 0.3) is 0 Å². The highest BCUT2D eigenvalue weighted by Crippen LogP contribution is 2.72. The van der Waals surface area contributed by atoms with E-state index in [1.807, 2.05) is 0 Å². The average Bonchev–Trinajstić information content (AvgIpc) is 2.64. The number of aliphatic hydroxyl groups excluding tert-OH is 2. The normalized spacial score (nSPS) is 60.8. The van der Waals surface area contributed by atoms with Gasteiger partial charge in [0.1, 0.15) is 23.9 Å². The Balaban J connectivity index is 2.04. The van der Waals surface area contributed by atoms with Gasteiger partial charge in [0.2, 0.25) is 0 Å². The van der Waals surface area contributed by atoms with Gasteiger partial charge in [-0.3, -0.25) is 4.79 Å². The van der Waals surface area contributed by atoms with Gasteiger partial charge >= 0.3 is 11.9 Å². The summed E-state index contributed by atoms with van der Waals surface area (Å²) in [5.74, 6) is -2.25. The molecule has 23 heavy (non-hydrogen) atoms. The van der Waals surface area contributed by atoms with Crippen molar-refractivity contribution in [2.24, 2.45) is 16.7 Å². The molecule has 0 aromatic rings. The maximum Gasteiger partial charge on any atom is 0.336 e. The van der Waals surface area contributed by atoms with Gasteiger partial charge in [0.25, 0.3) is 0 Å². The van der Waals surface area contributed by atoms with E-state index in [1.54, 1.807) is 6.92 Å². The van der Waals surface area contributed by atoms with Crippen LogP contribution in [0.4, 0.5) is 0 Å². The molecule has 128 valence electrons. The largest absolute Gasteiger partial charge is 0.464 e. The summed E-state index contributed by atoms with van der Waals surface area (Å²) in [4.78, 5) is 24.5. The molecule has 2 saturated heterocycles. The molecule has 2 heterocycles. The van der Waals surface area contributed by atoms with Gasteiger partial charge in [0.05, 0.1) is 6.10 Å². The lowest BCUT2D eigenvalue weighted by Gasteiger charge is -2.69. The number of carbonyl (C=O) groups is 2. The Hall–Kier alpha value is -1.22. The molecule has 0 aromatic heterocycles. The van der Waals surface area contributed by atoms with E-state index in [-0.39, 0.29) is 19.4 Å². The maximum absolute atomic E-state index is 12.4. The van der Waals surface area contributed by atoms with Crippen molar-refractivity contribution in [3.05, 3.63) is 0 Å². The highest BCUT2D eigenvalue weighted by molar-refractivity contribution is 5.88.